The molecule has 4 aliphatic rings. The van der Waals surface area contributed by atoms with Crippen LogP contribution < -0.4 is 21.4 Å². The van der Waals surface area contributed by atoms with Crippen molar-refractivity contribution < 1.29 is 24.0 Å². The van der Waals surface area contributed by atoms with Gasteiger partial charge < -0.3 is 16.0 Å². The number of hydroxylamine groups is 1. The summed E-state index contributed by atoms with van der Waals surface area (Å²) in [6, 6.07) is 3.64. The van der Waals surface area contributed by atoms with Gasteiger partial charge in [-0.25, -0.2) is 14.7 Å². The van der Waals surface area contributed by atoms with E-state index in [0.717, 1.165) is 25.3 Å². The lowest BCUT2D eigenvalue weighted by molar-refractivity contribution is -0.129. The third-order valence-corrected chi connectivity index (χ3v) is 7.98. The maximum absolute atomic E-state index is 14.7. The van der Waals surface area contributed by atoms with Gasteiger partial charge >= 0.3 is 6.03 Å². The van der Waals surface area contributed by atoms with E-state index in [1.165, 1.54) is 31.4 Å². The van der Waals surface area contributed by atoms with Crippen LogP contribution in [0.15, 0.2) is 18.2 Å². The maximum Gasteiger partial charge on any atom is 0.319 e. The quantitative estimate of drug-likeness (QED) is 0.200. The second-order valence-corrected chi connectivity index (χ2v) is 11.8. The van der Waals surface area contributed by atoms with E-state index < -0.39 is 23.7 Å². The van der Waals surface area contributed by atoms with Gasteiger partial charge in [0, 0.05) is 24.1 Å². The largest absolute Gasteiger partial charge is 0.352 e. The van der Waals surface area contributed by atoms with E-state index in [1.807, 2.05) is 0 Å². The Hall–Kier alpha value is -2.68. The Bertz CT molecular complexity index is 982. The van der Waals surface area contributed by atoms with Crippen LogP contribution >= 0.6 is 0 Å². The standard InChI is InChI=1S/C26H37FN4O4/c1-24-11-17-12-25(2,14-24)16-26(13-17,15-24)30-23(34)29-20-8-7-18(10-19(20)27)22(33)28-9-5-3-4-6-21(32)31-35/h7-8,10,17,35H,3-6,9,11-16H2,1-2H3,(H,28,33)(H,31,32)(H2,29,30,34)/t17?,24-,25+,26?. The van der Waals surface area contributed by atoms with Gasteiger partial charge in [0.25, 0.3) is 5.91 Å². The zero-order chi connectivity index (χ0) is 25.3. The number of carbonyl (C=O) groups is 3. The second kappa shape index (κ2) is 9.76. The number of halogens is 1. The summed E-state index contributed by atoms with van der Waals surface area (Å²) >= 11 is 0. The predicted octanol–water partition coefficient (Wildman–Crippen LogP) is 4.49. The monoisotopic (exact) mass is 488 g/mol. The summed E-state index contributed by atoms with van der Waals surface area (Å²) in [6.45, 7) is 5.07. The van der Waals surface area contributed by atoms with E-state index in [1.54, 1.807) is 5.48 Å². The van der Waals surface area contributed by atoms with Crippen LogP contribution in [0.3, 0.4) is 0 Å². The highest BCUT2D eigenvalue weighted by molar-refractivity contribution is 5.95. The molecule has 4 atom stereocenters. The van der Waals surface area contributed by atoms with Gasteiger partial charge in [0.2, 0.25) is 5.91 Å². The number of anilines is 1. The van der Waals surface area contributed by atoms with Crippen molar-refractivity contribution in [2.75, 3.05) is 11.9 Å². The molecule has 4 fully saturated rings. The molecule has 2 unspecified atom stereocenters. The van der Waals surface area contributed by atoms with E-state index in [9.17, 15) is 18.8 Å². The summed E-state index contributed by atoms with van der Waals surface area (Å²) in [4.78, 5) is 36.1. The molecule has 8 nitrogen and oxygen atoms in total. The average Bonchev–Trinajstić information content (AvgIpc) is 2.74. The Labute approximate surface area is 205 Å². The molecule has 4 bridgehead atoms. The second-order valence-electron chi connectivity index (χ2n) is 11.8. The van der Waals surface area contributed by atoms with Gasteiger partial charge in [-0.15, -0.1) is 0 Å². The lowest BCUT2D eigenvalue weighted by atomic mass is 9.43. The lowest BCUT2D eigenvalue weighted by Crippen LogP contribution is -2.65. The number of unbranched alkanes of at least 4 members (excludes halogenated alkanes) is 2. The van der Waals surface area contributed by atoms with Crippen molar-refractivity contribution in [3.8, 4) is 0 Å². The Morgan fingerprint density at radius 3 is 2.37 bits per heavy atom. The summed E-state index contributed by atoms with van der Waals surface area (Å²) in [6.07, 6.45) is 8.78. The molecule has 0 aliphatic heterocycles. The highest BCUT2D eigenvalue weighted by Crippen LogP contribution is 2.66. The number of hydrogen-bond donors (Lipinski definition) is 5. The highest BCUT2D eigenvalue weighted by atomic mass is 19.1. The molecule has 0 saturated heterocycles. The van der Waals surface area contributed by atoms with Gasteiger partial charge in [0.05, 0.1) is 5.69 Å². The first-order chi connectivity index (χ1) is 16.5. The van der Waals surface area contributed by atoms with Crippen LogP contribution in [-0.4, -0.2) is 35.1 Å². The minimum absolute atomic E-state index is 0.0448. The fourth-order valence-electron chi connectivity index (χ4n) is 7.69. The summed E-state index contributed by atoms with van der Waals surface area (Å²) in [5, 5.41) is 17.0. The van der Waals surface area contributed by atoms with Gasteiger partial charge in [-0.3, -0.25) is 14.8 Å². The van der Waals surface area contributed by atoms with Crippen molar-refractivity contribution in [3.05, 3.63) is 29.6 Å². The van der Waals surface area contributed by atoms with Gasteiger partial charge in [-0.1, -0.05) is 20.3 Å². The Morgan fingerprint density at radius 2 is 1.74 bits per heavy atom. The van der Waals surface area contributed by atoms with Crippen molar-refractivity contribution in [1.29, 1.82) is 0 Å². The molecule has 0 heterocycles. The Morgan fingerprint density at radius 1 is 1.03 bits per heavy atom. The van der Waals surface area contributed by atoms with Crippen LogP contribution in [-0.2, 0) is 4.79 Å². The molecule has 5 N–H and O–H groups in total. The molecule has 4 aliphatic carbocycles. The Balaban J connectivity index is 1.27. The van der Waals surface area contributed by atoms with Gasteiger partial charge in [0.15, 0.2) is 0 Å². The van der Waals surface area contributed by atoms with Gasteiger partial charge in [-0.2, -0.15) is 0 Å². The third-order valence-electron chi connectivity index (χ3n) is 7.98. The molecular formula is C26H37FN4O4. The normalized spacial score (nSPS) is 30.6. The van der Waals surface area contributed by atoms with E-state index in [2.05, 4.69) is 29.8 Å². The summed E-state index contributed by atoms with van der Waals surface area (Å²) in [7, 11) is 0. The minimum atomic E-state index is -0.660. The van der Waals surface area contributed by atoms with Gasteiger partial charge in [-0.05, 0) is 86.3 Å². The third kappa shape index (κ3) is 5.94. The van der Waals surface area contributed by atoms with Crippen LogP contribution in [0.4, 0.5) is 14.9 Å². The predicted molar refractivity (Wildman–Crippen MR) is 129 cm³/mol. The molecule has 4 saturated carbocycles. The van der Waals surface area contributed by atoms with Gasteiger partial charge in [0.1, 0.15) is 5.82 Å². The SMILES string of the molecule is C[C@]12CC3CC(NC(=O)Nc4ccc(C(=O)NCCCCCC(=O)NO)cc4F)(C1)C[C@@](C)(C3)C2. The average molecular weight is 489 g/mol. The van der Waals surface area contributed by atoms with Crippen molar-refractivity contribution in [3.63, 3.8) is 0 Å². The van der Waals surface area contributed by atoms with Crippen molar-refractivity contribution >= 4 is 23.5 Å². The van der Waals surface area contributed by atoms with Crippen LogP contribution in [0.1, 0.15) is 88.4 Å². The fourth-order valence-corrected chi connectivity index (χ4v) is 7.69. The first-order valence-corrected chi connectivity index (χ1v) is 12.6. The number of carbonyl (C=O) groups excluding carboxylic acids is 3. The smallest absolute Gasteiger partial charge is 0.319 e. The molecule has 1 aromatic rings. The number of amides is 4. The topological polar surface area (TPSA) is 120 Å². The van der Waals surface area contributed by atoms with E-state index in [0.29, 0.717) is 31.7 Å². The van der Waals surface area contributed by atoms with E-state index >= 15 is 0 Å². The van der Waals surface area contributed by atoms with Crippen LogP contribution in [0.5, 0.6) is 0 Å². The number of urea groups is 1. The molecule has 0 radical (unpaired) electrons. The molecule has 5 rings (SSSR count). The van der Waals surface area contributed by atoms with Crippen molar-refractivity contribution in [1.82, 2.24) is 16.1 Å². The lowest BCUT2D eigenvalue weighted by Gasteiger charge is -2.65. The Kier molecular flexibility index (Phi) is 7.09. The number of rotatable bonds is 9. The van der Waals surface area contributed by atoms with Crippen LogP contribution in [0.2, 0.25) is 0 Å². The number of nitrogens with one attached hydrogen (secondary N) is 4. The molecule has 0 spiro atoms. The van der Waals surface area contributed by atoms with Crippen LogP contribution in [0.25, 0.3) is 0 Å². The molecule has 0 aromatic heterocycles. The maximum atomic E-state index is 14.7. The number of benzene rings is 1. The van der Waals surface area contributed by atoms with Crippen molar-refractivity contribution in [2.24, 2.45) is 16.7 Å². The first kappa shape index (κ1) is 25.4. The summed E-state index contributed by atoms with van der Waals surface area (Å²) in [5.41, 5.74) is 2.09. The molecule has 192 valence electrons. The molecule has 1 aromatic carbocycles. The molecule has 35 heavy (non-hydrogen) atoms. The van der Waals surface area contributed by atoms with E-state index in [4.69, 9.17) is 5.21 Å². The van der Waals surface area contributed by atoms with Crippen molar-refractivity contribution in [2.45, 2.75) is 83.6 Å². The van der Waals surface area contributed by atoms with Crippen LogP contribution in [0, 0.1) is 22.6 Å². The van der Waals surface area contributed by atoms with E-state index in [-0.39, 0.29) is 34.0 Å². The molecule has 4 amide bonds. The zero-order valence-electron chi connectivity index (χ0n) is 20.6. The fraction of sp³-hybridized carbons (Fsp3) is 0.654. The number of hydrogen-bond acceptors (Lipinski definition) is 4. The molecule has 9 heteroatoms. The first-order valence-electron chi connectivity index (χ1n) is 12.6. The zero-order valence-corrected chi connectivity index (χ0v) is 20.6. The summed E-state index contributed by atoms with van der Waals surface area (Å²) < 4.78 is 14.7. The summed E-state index contributed by atoms with van der Waals surface area (Å²) in [5.74, 6) is -0.861. The highest BCUT2D eigenvalue weighted by Gasteiger charge is 2.60. The minimum Gasteiger partial charge on any atom is -0.352 e. The molecular weight excluding hydrogens is 451 g/mol.